The van der Waals surface area contributed by atoms with E-state index < -0.39 is 5.97 Å². The van der Waals surface area contributed by atoms with E-state index in [2.05, 4.69) is 11.4 Å². The van der Waals surface area contributed by atoms with Gasteiger partial charge in [0.25, 0.3) is 0 Å². The first-order chi connectivity index (χ1) is 9.65. The maximum absolute atomic E-state index is 12.0. The fourth-order valence-electron chi connectivity index (χ4n) is 2.52. The van der Waals surface area contributed by atoms with Crippen LogP contribution in [0.3, 0.4) is 0 Å². The minimum Gasteiger partial charge on any atom is -0.481 e. The highest BCUT2D eigenvalue weighted by Gasteiger charge is 2.24. The van der Waals surface area contributed by atoms with Crippen LogP contribution in [0, 0.1) is 5.92 Å². The van der Waals surface area contributed by atoms with E-state index in [1.807, 2.05) is 11.4 Å². The molecule has 1 aromatic rings. The zero-order valence-corrected chi connectivity index (χ0v) is 12.2. The Morgan fingerprint density at radius 2 is 2.35 bits per heavy atom. The molecule has 0 spiro atoms. The average molecular weight is 296 g/mol. The summed E-state index contributed by atoms with van der Waals surface area (Å²) in [6, 6.07) is 3.99. The van der Waals surface area contributed by atoms with Crippen molar-refractivity contribution < 1.29 is 14.7 Å². The van der Waals surface area contributed by atoms with Crippen LogP contribution in [0.5, 0.6) is 0 Å². The van der Waals surface area contributed by atoms with Gasteiger partial charge in [-0.15, -0.1) is 11.3 Å². The zero-order valence-electron chi connectivity index (χ0n) is 11.4. The molecule has 0 bridgehead atoms. The Balaban J connectivity index is 1.72. The molecule has 2 heterocycles. The van der Waals surface area contributed by atoms with Crippen LogP contribution in [0.25, 0.3) is 0 Å². The van der Waals surface area contributed by atoms with Gasteiger partial charge in [-0.2, -0.15) is 0 Å². The van der Waals surface area contributed by atoms with Crippen molar-refractivity contribution >= 4 is 23.3 Å². The number of carboxylic acids is 1. The summed E-state index contributed by atoms with van der Waals surface area (Å²) in [5.41, 5.74) is 0. The maximum Gasteiger partial charge on any atom is 0.317 e. The minimum atomic E-state index is -0.782. The standard InChI is InChI=1S/C14H20N2O3S/c17-13(18)9-11-3-1-7-16(10-11)14(19)15-6-5-12-4-2-8-20-12/h2,4,8,11H,1,3,5-7,9-10H2,(H,15,19)(H,17,18). The second kappa shape index (κ2) is 7.28. The molecule has 2 N–H and O–H groups in total. The smallest absolute Gasteiger partial charge is 0.317 e. The van der Waals surface area contributed by atoms with Gasteiger partial charge in [-0.3, -0.25) is 4.79 Å². The molecule has 110 valence electrons. The number of nitrogens with one attached hydrogen (secondary N) is 1. The molecule has 2 amide bonds. The van der Waals surface area contributed by atoms with Gasteiger partial charge in [0.2, 0.25) is 0 Å². The SMILES string of the molecule is O=C(O)CC1CCCN(C(=O)NCCc2cccs2)C1. The average Bonchev–Trinajstić information content (AvgIpc) is 2.91. The number of hydrogen-bond acceptors (Lipinski definition) is 3. The summed E-state index contributed by atoms with van der Waals surface area (Å²) in [6.07, 6.45) is 2.77. The van der Waals surface area contributed by atoms with Gasteiger partial charge >= 0.3 is 12.0 Å². The quantitative estimate of drug-likeness (QED) is 0.875. The van der Waals surface area contributed by atoms with Crippen molar-refractivity contribution in [3.05, 3.63) is 22.4 Å². The first kappa shape index (κ1) is 14.8. The predicted molar refractivity (Wildman–Crippen MR) is 78.0 cm³/mol. The summed E-state index contributed by atoms with van der Waals surface area (Å²) in [5, 5.41) is 13.8. The van der Waals surface area contributed by atoms with Gasteiger partial charge in [-0.05, 0) is 36.6 Å². The Hall–Kier alpha value is -1.56. The number of hydrogen-bond donors (Lipinski definition) is 2. The van der Waals surface area contributed by atoms with Crippen LogP contribution < -0.4 is 5.32 Å². The Labute approximate surface area is 122 Å². The van der Waals surface area contributed by atoms with E-state index in [1.165, 1.54) is 4.88 Å². The lowest BCUT2D eigenvalue weighted by Gasteiger charge is -2.32. The molecular formula is C14H20N2O3S. The van der Waals surface area contributed by atoms with Crippen molar-refractivity contribution in [3.63, 3.8) is 0 Å². The van der Waals surface area contributed by atoms with Gasteiger partial charge in [0.05, 0.1) is 0 Å². The highest BCUT2D eigenvalue weighted by molar-refractivity contribution is 7.09. The summed E-state index contributed by atoms with van der Waals surface area (Å²) < 4.78 is 0. The molecule has 1 atom stereocenters. The molecule has 1 fully saturated rings. The summed E-state index contributed by atoms with van der Waals surface area (Å²) in [4.78, 5) is 25.8. The summed E-state index contributed by atoms with van der Waals surface area (Å²) in [5.74, 6) is -0.695. The van der Waals surface area contributed by atoms with Crippen LogP contribution in [0.15, 0.2) is 17.5 Å². The van der Waals surface area contributed by atoms with E-state index in [0.717, 1.165) is 25.8 Å². The van der Waals surface area contributed by atoms with Crippen LogP contribution >= 0.6 is 11.3 Å². The molecule has 1 aliphatic heterocycles. The third-order valence-electron chi connectivity index (χ3n) is 3.50. The Morgan fingerprint density at radius 3 is 3.05 bits per heavy atom. The number of piperidine rings is 1. The lowest BCUT2D eigenvalue weighted by molar-refractivity contribution is -0.138. The largest absolute Gasteiger partial charge is 0.481 e. The summed E-state index contributed by atoms with van der Waals surface area (Å²) in [6.45, 7) is 1.90. The van der Waals surface area contributed by atoms with Gasteiger partial charge < -0.3 is 15.3 Å². The second-order valence-electron chi connectivity index (χ2n) is 5.11. The van der Waals surface area contributed by atoms with Crippen LogP contribution in [-0.4, -0.2) is 41.6 Å². The molecule has 1 unspecified atom stereocenters. The summed E-state index contributed by atoms with van der Waals surface area (Å²) in [7, 11) is 0. The van der Waals surface area contributed by atoms with E-state index in [1.54, 1.807) is 16.2 Å². The normalized spacial score (nSPS) is 18.8. The second-order valence-corrected chi connectivity index (χ2v) is 6.15. The fourth-order valence-corrected chi connectivity index (χ4v) is 3.23. The van der Waals surface area contributed by atoms with Crippen molar-refractivity contribution in [1.82, 2.24) is 10.2 Å². The van der Waals surface area contributed by atoms with Gasteiger partial charge in [-0.1, -0.05) is 6.07 Å². The number of carboxylic acid groups (broad SMARTS) is 1. The molecule has 2 rings (SSSR count). The first-order valence-electron chi connectivity index (χ1n) is 6.92. The number of carbonyl (C=O) groups excluding carboxylic acids is 1. The Kier molecular flexibility index (Phi) is 5.40. The highest BCUT2D eigenvalue weighted by atomic mass is 32.1. The molecule has 6 heteroatoms. The highest BCUT2D eigenvalue weighted by Crippen LogP contribution is 2.19. The number of thiophene rings is 1. The predicted octanol–water partition coefficient (Wildman–Crippen LogP) is 2.19. The van der Waals surface area contributed by atoms with Crippen LogP contribution in [0.1, 0.15) is 24.1 Å². The summed E-state index contributed by atoms with van der Waals surface area (Å²) >= 11 is 1.69. The number of likely N-dealkylation sites (tertiary alicyclic amines) is 1. The number of rotatable bonds is 5. The molecule has 0 saturated carbocycles. The third-order valence-corrected chi connectivity index (χ3v) is 4.43. The lowest BCUT2D eigenvalue weighted by atomic mass is 9.95. The number of urea groups is 1. The number of carbonyl (C=O) groups is 2. The number of aliphatic carboxylic acids is 1. The van der Waals surface area contributed by atoms with Gasteiger partial charge in [0.1, 0.15) is 0 Å². The van der Waals surface area contributed by atoms with E-state index in [0.29, 0.717) is 13.1 Å². The molecule has 5 nitrogen and oxygen atoms in total. The fraction of sp³-hybridized carbons (Fsp3) is 0.571. The molecule has 0 aliphatic carbocycles. The third kappa shape index (κ3) is 4.52. The van der Waals surface area contributed by atoms with Crippen molar-refractivity contribution in [3.8, 4) is 0 Å². The van der Waals surface area contributed by atoms with E-state index in [-0.39, 0.29) is 18.4 Å². The molecule has 0 aromatic carbocycles. The van der Waals surface area contributed by atoms with Crippen LogP contribution in [0.4, 0.5) is 4.79 Å². The molecule has 20 heavy (non-hydrogen) atoms. The van der Waals surface area contributed by atoms with Gasteiger partial charge in [-0.25, -0.2) is 4.79 Å². The van der Waals surface area contributed by atoms with Crippen molar-refractivity contribution in [2.45, 2.75) is 25.7 Å². The van der Waals surface area contributed by atoms with Crippen LogP contribution in [-0.2, 0) is 11.2 Å². The topological polar surface area (TPSA) is 69.6 Å². The van der Waals surface area contributed by atoms with Crippen LogP contribution in [0.2, 0.25) is 0 Å². The van der Waals surface area contributed by atoms with E-state index in [4.69, 9.17) is 5.11 Å². The molecule has 1 aromatic heterocycles. The van der Waals surface area contributed by atoms with E-state index >= 15 is 0 Å². The number of nitrogens with zero attached hydrogens (tertiary/aromatic N) is 1. The number of amides is 2. The first-order valence-corrected chi connectivity index (χ1v) is 7.80. The van der Waals surface area contributed by atoms with E-state index in [9.17, 15) is 9.59 Å². The zero-order chi connectivity index (χ0) is 14.4. The molecule has 1 saturated heterocycles. The van der Waals surface area contributed by atoms with Gasteiger partial charge in [0.15, 0.2) is 0 Å². The van der Waals surface area contributed by atoms with Gasteiger partial charge in [0, 0.05) is 30.9 Å². The monoisotopic (exact) mass is 296 g/mol. The Morgan fingerprint density at radius 1 is 1.50 bits per heavy atom. The maximum atomic E-state index is 12.0. The van der Waals surface area contributed by atoms with Crippen molar-refractivity contribution in [2.24, 2.45) is 5.92 Å². The molecule has 0 radical (unpaired) electrons. The molecular weight excluding hydrogens is 276 g/mol. The van der Waals surface area contributed by atoms with Crippen molar-refractivity contribution in [1.29, 1.82) is 0 Å². The lowest BCUT2D eigenvalue weighted by Crippen LogP contribution is -2.46. The Bertz CT molecular complexity index is 447. The van der Waals surface area contributed by atoms with Crippen molar-refractivity contribution in [2.75, 3.05) is 19.6 Å². The molecule has 1 aliphatic rings. The minimum absolute atomic E-state index is 0.0726.